The summed E-state index contributed by atoms with van der Waals surface area (Å²) < 4.78 is 26.0. The van der Waals surface area contributed by atoms with Crippen LogP contribution in [-0.2, 0) is 10.0 Å². The molecule has 0 bridgehead atoms. The van der Waals surface area contributed by atoms with Gasteiger partial charge in [-0.05, 0) is 24.3 Å². The number of anilines is 1. The SMILES string of the molecule is N#Cc1ccc(S(=O)(=O)Nc2cccnn2)s1. The molecule has 0 aliphatic heterocycles. The van der Waals surface area contributed by atoms with Crippen LogP contribution in [0.1, 0.15) is 4.88 Å². The van der Waals surface area contributed by atoms with Gasteiger partial charge in [-0.3, -0.25) is 4.72 Å². The minimum atomic E-state index is -3.69. The van der Waals surface area contributed by atoms with Crippen molar-refractivity contribution in [3.05, 3.63) is 35.3 Å². The van der Waals surface area contributed by atoms with E-state index in [1.165, 1.54) is 24.4 Å². The molecule has 6 nitrogen and oxygen atoms in total. The second-order valence-corrected chi connectivity index (χ2v) is 5.94. The van der Waals surface area contributed by atoms with E-state index in [1.54, 1.807) is 6.07 Å². The van der Waals surface area contributed by atoms with Crippen LogP contribution in [0.25, 0.3) is 0 Å². The number of thiophene rings is 1. The Morgan fingerprint density at radius 2 is 2.18 bits per heavy atom. The number of nitrogens with zero attached hydrogens (tertiary/aromatic N) is 3. The average molecular weight is 266 g/mol. The van der Waals surface area contributed by atoms with Crippen LogP contribution in [0, 0.1) is 11.3 Å². The largest absolute Gasteiger partial charge is 0.272 e. The molecule has 2 aromatic rings. The van der Waals surface area contributed by atoms with Crippen molar-refractivity contribution >= 4 is 27.2 Å². The molecule has 2 rings (SSSR count). The van der Waals surface area contributed by atoms with Crippen LogP contribution >= 0.6 is 11.3 Å². The van der Waals surface area contributed by atoms with E-state index >= 15 is 0 Å². The van der Waals surface area contributed by atoms with Crippen LogP contribution < -0.4 is 4.72 Å². The fraction of sp³-hybridized carbons (Fsp3) is 0. The van der Waals surface area contributed by atoms with Crippen molar-refractivity contribution in [2.75, 3.05) is 4.72 Å². The Bertz CT molecular complexity index is 658. The van der Waals surface area contributed by atoms with Gasteiger partial charge in [0.15, 0.2) is 5.82 Å². The summed E-state index contributed by atoms with van der Waals surface area (Å²) in [5, 5.41) is 15.8. The first-order valence-corrected chi connectivity index (χ1v) is 6.72. The number of hydrogen-bond donors (Lipinski definition) is 1. The summed E-state index contributed by atoms with van der Waals surface area (Å²) in [6.45, 7) is 0. The molecule has 86 valence electrons. The van der Waals surface area contributed by atoms with Crippen molar-refractivity contribution < 1.29 is 8.42 Å². The van der Waals surface area contributed by atoms with Gasteiger partial charge in [-0.25, -0.2) is 8.42 Å². The molecule has 0 aliphatic carbocycles. The minimum absolute atomic E-state index is 0.0692. The van der Waals surface area contributed by atoms with E-state index < -0.39 is 10.0 Å². The monoisotopic (exact) mass is 266 g/mol. The second kappa shape index (κ2) is 4.48. The van der Waals surface area contributed by atoms with Crippen LogP contribution in [-0.4, -0.2) is 18.6 Å². The van der Waals surface area contributed by atoms with E-state index in [2.05, 4.69) is 14.9 Å². The van der Waals surface area contributed by atoms with Crippen molar-refractivity contribution in [1.29, 1.82) is 5.26 Å². The first-order chi connectivity index (χ1) is 8.12. The molecule has 0 spiro atoms. The summed E-state index contributed by atoms with van der Waals surface area (Å²) in [7, 11) is -3.69. The first kappa shape index (κ1) is 11.5. The molecule has 17 heavy (non-hydrogen) atoms. The highest BCUT2D eigenvalue weighted by atomic mass is 32.2. The normalized spacial score (nSPS) is 10.8. The summed E-state index contributed by atoms with van der Waals surface area (Å²) in [6.07, 6.45) is 1.44. The lowest BCUT2D eigenvalue weighted by Crippen LogP contribution is -2.12. The van der Waals surface area contributed by atoms with Crippen molar-refractivity contribution in [3.63, 3.8) is 0 Å². The van der Waals surface area contributed by atoms with Gasteiger partial charge in [0, 0.05) is 6.20 Å². The highest BCUT2D eigenvalue weighted by molar-refractivity contribution is 7.94. The van der Waals surface area contributed by atoms with Crippen molar-refractivity contribution in [2.24, 2.45) is 0 Å². The lowest BCUT2D eigenvalue weighted by Gasteiger charge is -2.03. The molecule has 0 atom stereocenters. The molecule has 0 fully saturated rings. The van der Waals surface area contributed by atoms with Gasteiger partial charge >= 0.3 is 0 Å². The molecule has 2 aromatic heterocycles. The van der Waals surface area contributed by atoms with E-state index in [1.807, 2.05) is 6.07 Å². The lowest BCUT2D eigenvalue weighted by atomic mass is 10.5. The Balaban J connectivity index is 2.29. The number of aromatic nitrogens is 2. The Kier molecular flexibility index (Phi) is 3.03. The quantitative estimate of drug-likeness (QED) is 0.900. The summed E-state index contributed by atoms with van der Waals surface area (Å²) in [6, 6.07) is 7.77. The first-order valence-electron chi connectivity index (χ1n) is 4.42. The zero-order valence-electron chi connectivity index (χ0n) is 8.36. The van der Waals surface area contributed by atoms with Gasteiger partial charge in [-0.2, -0.15) is 10.4 Å². The maximum absolute atomic E-state index is 11.9. The molecule has 0 aliphatic rings. The molecular weight excluding hydrogens is 260 g/mol. The van der Waals surface area contributed by atoms with E-state index in [-0.39, 0.29) is 10.0 Å². The summed E-state index contributed by atoms with van der Waals surface area (Å²) >= 11 is 0.899. The Hall–Kier alpha value is -1.98. The summed E-state index contributed by atoms with van der Waals surface area (Å²) in [4.78, 5) is 0.338. The number of rotatable bonds is 3. The zero-order valence-corrected chi connectivity index (χ0v) is 9.99. The predicted octanol–water partition coefficient (Wildman–Crippen LogP) is 1.21. The molecule has 0 saturated heterocycles. The number of nitrogens with one attached hydrogen (secondary N) is 1. The van der Waals surface area contributed by atoms with Crippen LogP contribution in [0.2, 0.25) is 0 Å². The smallest absolute Gasteiger partial charge is 0.261 e. The standard InChI is InChI=1S/C9H6N4O2S2/c10-6-7-3-4-9(16-7)17(14,15)13-8-2-1-5-11-12-8/h1-5H,(H,12,13). The van der Waals surface area contributed by atoms with Gasteiger partial charge in [-0.15, -0.1) is 16.4 Å². The third kappa shape index (κ3) is 2.58. The van der Waals surface area contributed by atoms with Crippen LogP contribution in [0.4, 0.5) is 5.82 Å². The molecule has 0 saturated carbocycles. The van der Waals surface area contributed by atoms with Crippen LogP contribution in [0.15, 0.2) is 34.7 Å². The van der Waals surface area contributed by atoms with Crippen LogP contribution in [0.5, 0.6) is 0 Å². The summed E-state index contributed by atoms with van der Waals surface area (Å²) in [5.41, 5.74) is 0. The maximum atomic E-state index is 11.9. The minimum Gasteiger partial charge on any atom is -0.261 e. The number of nitriles is 1. The number of hydrogen-bond acceptors (Lipinski definition) is 6. The van der Waals surface area contributed by atoms with Gasteiger partial charge in [0.25, 0.3) is 10.0 Å². The highest BCUT2D eigenvalue weighted by Gasteiger charge is 2.17. The molecular formula is C9H6N4O2S2. The molecule has 8 heteroatoms. The molecule has 0 aromatic carbocycles. The van der Waals surface area contributed by atoms with E-state index in [9.17, 15) is 8.42 Å². The molecule has 1 N–H and O–H groups in total. The molecule has 0 radical (unpaired) electrons. The van der Waals surface area contributed by atoms with Crippen LogP contribution in [0.3, 0.4) is 0 Å². The summed E-state index contributed by atoms with van der Waals surface area (Å²) in [5.74, 6) is 0.138. The molecule has 0 unspecified atom stereocenters. The zero-order chi connectivity index (χ0) is 12.3. The third-order valence-corrected chi connectivity index (χ3v) is 4.60. The van der Waals surface area contributed by atoms with Gasteiger partial charge in [0.1, 0.15) is 15.2 Å². The average Bonchev–Trinajstić information content (AvgIpc) is 2.79. The van der Waals surface area contributed by atoms with E-state index in [0.717, 1.165) is 11.3 Å². The van der Waals surface area contributed by atoms with Gasteiger partial charge in [0.05, 0.1) is 0 Å². The van der Waals surface area contributed by atoms with Crippen molar-refractivity contribution in [2.45, 2.75) is 4.21 Å². The lowest BCUT2D eigenvalue weighted by molar-refractivity contribution is 0.603. The van der Waals surface area contributed by atoms with E-state index in [4.69, 9.17) is 5.26 Å². The van der Waals surface area contributed by atoms with Crippen molar-refractivity contribution in [1.82, 2.24) is 10.2 Å². The van der Waals surface area contributed by atoms with Gasteiger partial charge in [0.2, 0.25) is 0 Å². The maximum Gasteiger partial charge on any atom is 0.272 e. The van der Waals surface area contributed by atoms with Crippen molar-refractivity contribution in [3.8, 4) is 6.07 Å². The predicted molar refractivity (Wildman–Crippen MR) is 61.9 cm³/mol. The topological polar surface area (TPSA) is 95.7 Å². The van der Waals surface area contributed by atoms with E-state index in [0.29, 0.717) is 4.88 Å². The Labute approximate surface area is 102 Å². The Morgan fingerprint density at radius 3 is 2.76 bits per heavy atom. The van der Waals surface area contributed by atoms with Gasteiger partial charge < -0.3 is 0 Å². The molecule has 2 heterocycles. The van der Waals surface area contributed by atoms with Gasteiger partial charge in [-0.1, -0.05) is 0 Å². The third-order valence-electron chi connectivity index (χ3n) is 1.77. The second-order valence-electron chi connectivity index (χ2n) is 2.94. The Morgan fingerprint density at radius 1 is 1.35 bits per heavy atom. The molecule has 0 amide bonds. The fourth-order valence-corrected chi connectivity index (χ4v) is 3.17. The number of sulfonamides is 1. The fourth-order valence-electron chi connectivity index (χ4n) is 1.07. The highest BCUT2D eigenvalue weighted by Crippen LogP contribution is 2.22.